The molecule has 0 atom stereocenters. The van der Waals surface area contributed by atoms with Crippen LogP contribution in [0, 0.1) is 6.92 Å². The molecule has 0 unspecified atom stereocenters. The number of methoxy groups -OCH3 is 2. The minimum absolute atomic E-state index is 0.283. The van der Waals surface area contributed by atoms with Gasteiger partial charge >= 0.3 is 5.97 Å². The topological polar surface area (TPSA) is 40.5 Å². The zero-order chi connectivity index (χ0) is 17.6. The largest absolute Gasteiger partial charge is 0.497 e. The third kappa shape index (κ3) is 2.40. The highest BCUT2D eigenvalue weighted by atomic mass is 16.5. The van der Waals surface area contributed by atoms with Crippen LogP contribution < -0.4 is 4.74 Å². The fourth-order valence-corrected chi connectivity index (χ4v) is 3.92. The number of benzene rings is 2. The number of hydrogen-bond donors (Lipinski definition) is 0. The van der Waals surface area contributed by atoms with Crippen molar-refractivity contribution in [1.82, 2.24) is 4.57 Å². The van der Waals surface area contributed by atoms with Crippen molar-refractivity contribution in [3.63, 3.8) is 0 Å². The Bertz CT molecular complexity index is 984. The summed E-state index contributed by atoms with van der Waals surface area (Å²) in [5, 5.41) is 1.16. The molecule has 0 radical (unpaired) electrons. The van der Waals surface area contributed by atoms with Gasteiger partial charge in [0.2, 0.25) is 0 Å². The maximum atomic E-state index is 12.1. The number of nitrogens with zero attached hydrogens (tertiary/aromatic N) is 1. The molecule has 4 rings (SSSR count). The highest BCUT2D eigenvalue weighted by Crippen LogP contribution is 2.38. The van der Waals surface area contributed by atoms with Gasteiger partial charge in [-0.25, -0.2) is 4.79 Å². The molecule has 2 heterocycles. The average Bonchev–Trinajstić information content (AvgIpc) is 2.87. The summed E-state index contributed by atoms with van der Waals surface area (Å²) in [6, 6.07) is 12.3. The lowest BCUT2D eigenvalue weighted by atomic mass is 9.93. The van der Waals surface area contributed by atoms with Gasteiger partial charge in [0, 0.05) is 28.7 Å². The van der Waals surface area contributed by atoms with Gasteiger partial charge in [-0.2, -0.15) is 0 Å². The number of fused-ring (bicyclic) bond motifs is 5. The third-order valence-corrected chi connectivity index (χ3v) is 5.15. The average molecular weight is 335 g/mol. The van der Waals surface area contributed by atoms with E-state index < -0.39 is 0 Å². The van der Waals surface area contributed by atoms with Crippen molar-refractivity contribution in [2.75, 3.05) is 14.2 Å². The Morgan fingerprint density at radius 3 is 2.72 bits per heavy atom. The molecule has 0 N–H and O–H groups in total. The smallest absolute Gasteiger partial charge is 0.338 e. The standard InChI is InChI=1S/C21H21NO3/c1-13-17(21(23)25-3)8-6-14-5-4-10-22-18-9-7-16(24-2)11-15(18)12-19(22)20(13)14/h6-9,11-12H,4-5,10H2,1-3H3. The molecule has 0 saturated heterocycles. The van der Waals surface area contributed by atoms with Crippen LogP contribution in [0.2, 0.25) is 0 Å². The first-order valence-corrected chi connectivity index (χ1v) is 8.52. The van der Waals surface area contributed by atoms with E-state index in [1.807, 2.05) is 19.1 Å². The minimum atomic E-state index is -0.283. The summed E-state index contributed by atoms with van der Waals surface area (Å²) in [4.78, 5) is 12.1. The Morgan fingerprint density at radius 2 is 1.96 bits per heavy atom. The molecule has 0 bridgehead atoms. The maximum absolute atomic E-state index is 12.1. The van der Waals surface area contributed by atoms with Crippen molar-refractivity contribution < 1.29 is 14.3 Å². The van der Waals surface area contributed by atoms with Gasteiger partial charge in [-0.1, -0.05) is 6.07 Å². The van der Waals surface area contributed by atoms with E-state index in [1.165, 1.54) is 23.9 Å². The highest BCUT2D eigenvalue weighted by Gasteiger charge is 2.22. The number of carbonyl (C=O) groups is 1. The molecular formula is C21H21NO3. The van der Waals surface area contributed by atoms with E-state index in [0.29, 0.717) is 5.56 Å². The second-order valence-electron chi connectivity index (χ2n) is 6.47. The predicted octanol–water partition coefficient (Wildman–Crippen LogP) is 4.36. The maximum Gasteiger partial charge on any atom is 0.338 e. The number of carbonyl (C=O) groups excluding carboxylic acids is 1. The monoisotopic (exact) mass is 335 g/mol. The first-order chi connectivity index (χ1) is 12.1. The van der Waals surface area contributed by atoms with Gasteiger partial charge in [-0.05, 0) is 61.2 Å². The summed E-state index contributed by atoms with van der Waals surface area (Å²) in [6.07, 6.45) is 2.09. The molecule has 4 nitrogen and oxygen atoms in total. The number of esters is 1. The molecule has 0 aliphatic carbocycles. The van der Waals surface area contributed by atoms with Crippen molar-refractivity contribution >= 4 is 16.9 Å². The Labute approximate surface area is 147 Å². The predicted molar refractivity (Wildman–Crippen MR) is 98.3 cm³/mol. The fourth-order valence-electron chi connectivity index (χ4n) is 3.92. The van der Waals surface area contributed by atoms with Crippen LogP contribution in [0.3, 0.4) is 0 Å². The summed E-state index contributed by atoms with van der Waals surface area (Å²) < 4.78 is 12.7. The Hall–Kier alpha value is -2.75. The molecule has 1 aliphatic rings. The number of ether oxygens (including phenoxy) is 2. The third-order valence-electron chi connectivity index (χ3n) is 5.15. The number of hydrogen-bond acceptors (Lipinski definition) is 3. The minimum Gasteiger partial charge on any atom is -0.497 e. The van der Waals surface area contributed by atoms with E-state index in [0.717, 1.165) is 41.6 Å². The molecule has 0 fully saturated rings. The van der Waals surface area contributed by atoms with Crippen LogP contribution in [0.25, 0.3) is 22.2 Å². The van der Waals surface area contributed by atoms with E-state index in [-0.39, 0.29) is 5.97 Å². The van der Waals surface area contributed by atoms with Gasteiger partial charge in [-0.15, -0.1) is 0 Å². The second kappa shape index (κ2) is 5.96. The van der Waals surface area contributed by atoms with Crippen molar-refractivity contribution in [2.45, 2.75) is 26.3 Å². The van der Waals surface area contributed by atoms with Crippen molar-refractivity contribution in [2.24, 2.45) is 0 Å². The molecule has 1 aromatic heterocycles. The van der Waals surface area contributed by atoms with Gasteiger partial charge in [0.05, 0.1) is 19.8 Å². The van der Waals surface area contributed by atoms with Gasteiger partial charge in [0.25, 0.3) is 0 Å². The van der Waals surface area contributed by atoms with Gasteiger partial charge in [-0.3, -0.25) is 0 Å². The van der Waals surface area contributed by atoms with E-state index >= 15 is 0 Å². The molecular weight excluding hydrogens is 314 g/mol. The lowest BCUT2D eigenvalue weighted by Gasteiger charge is -2.14. The molecule has 3 aromatic rings. The van der Waals surface area contributed by atoms with Gasteiger partial charge < -0.3 is 14.0 Å². The van der Waals surface area contributed by atoms with Crippen molar-refractivity contribution in [1.29, 1.82) is 0 Å². The van der Waals surface area contributed by atoms with Crippen LogP contribution >= 0.6 is 0 Å². The summed E-state index contributed by atoms with van der Waals surface area (Å²) in [7, 11) is 3.11. The Kier molecular flexibility index (Phi) is 3.75. The normalized spacial score (nSPS) is 13.1. The molecule has 2 aromatic carbocycles. The molecule has 0 saturated carbocycles. The zero-order valence-corrected chi connectivity index (χ0v) is 14.8. The second-order valence-corrected chi connectivity index (χ2v) is 6.47. The first kappa shape index (κ1) is 15.8. The van der Waals surface area contributed by atoms with Crippen molar-refractivity contribution in [3.05, 3.63) is 53.1 Å². The number of aryl methyl sites for hydroxylation is 2. The van der Waals surface area contributed by atoms with E-state index in [1.54, 1.807) is 7.11 Å². The molecule has 1 aliphatic heterocycles. The van der Waals surface area contributed by atoms with Crippen LogP contribution in [0.15, 0.2) is 36.4 Å². The van der Waals surface area contributed by atoms with Gasteiger partial charge in [0.15, 0.2) is 0 Å². The molecule has 4 heteroatoms. The Morgan fingerprint density at radius 1 is 1.12 bits per heavy atom. The lowest BCUT2D eigenvalue weighted by molar-refractivity contribution is 0.0600. The van der Waals surface area contributed by atoms with Crippen LogP contribution in [0.1, 0.15) is 27.9 Å². The first-order valence-electron chi connectivity index (χ1n) is 8.52. The number of rotatable bonds is 2. The van der Waals surface area contributed by atoms with Crippen LogP contribution in [0.4, 0.5) is 0 Å². The van der Waals surface area contributed by atoms with E-state index in [9.17, 15) is 4.79 Å². The fraction of sp³-hybridized carbons (Fsp3) is 0.286. The molecule has 128 valence electrons. The SMILES string of the molecule is COC(=O)c1ccc2c(c1C)-c1cc3cc(OC)ccc3n1CCC2. The van der Waals surface area contributed by atoms with E-state index in [4.69, 9.17) is 9.47 Å². The van der Waals surface area contributed by atoms with Crippen LogP contribution in [-0.2, 0) is 17.7 Å². The summed E-state index contributed by atoms with van der Waals surface area (Å²) in [5.41, 5.74) is 6.44. The zero-order valence-electron chi connectivity index (χ0n) is 14.8. The summed E-state index contributed by atoms with van der Waals surface area (Å²) >= 11 is 0. The molecule has 25 heavy (non-hydrogen) atoms. The lowest BCUT2D eigenvalue weighted by Crippen LogP contribution is -2.06. The summed E-state index contributed by atoms with van der Waals surface area (Å²) in [6.45, 7) is 2.98. The molecule has 0 spiro atoms. The van der Waals surface area contributed by atoms with Gasteiger partial charge in [0.1, 0.15) is 5.75 Å². The van der Waals surface area contributed by atoms with Crippen molar-refractivity contribution in [3.8, 4) is 17.0 Å². The summed E-state index contributed by atoms with van der Waals surface area (Å²) in [5.74, 6) is 0.572. The van der Waals surface area contributed by atoms with Crippen LogP contribution in [-0.4, -0.2) is 24.8 Å². The quantitative estimate of drug-likeness (QED) is 0.653. The molecule has 0 amide bonds. The highest BCUT2D eigenvalue weighted by molar-refractivity contribution is 5.96. The van der Waals surface area contributed by atoms with Crippen LogP contribution in [0.5, 0.6) is 5.75 Å². The van der Waals surface area contributed by atoms with E-state index in [2.05, 4.69) is 28.8 Å². The Balaban J connectivity index is 2.01. The number of aromatic nitrogens is 1.